The molecule has 2 saturated carbocycles. The van der Waals surface area contributed by atoms with Gasteiger partial charge in [0.05, 0.1) is 23.4 Å². The van der Waals surface area contributed by atoms with Crippen LogP contribution in [0.1, 0.15) is 54.4 Å². The van der Waals surface area contributed by atoms with E-state index in [0.29, 0.717) is 23.2 Å². The first-order valence-corrected chi connectivity index (χ1v) is 12.3. The van der Waals surface area contributed by atoms with Crippen molar-refractivity contribution in [1.29, 1.82) is 0 Å². The Morgan fingerprint density at radius 2 is 1.74 bits per heavy atom. The summed E-state index contributed by atoms with van der Waals surface area (Å²) in [5.41, 5.74) is 4.80. The maximum atomic E-state index is 13.2. The number of Topliss-reactive ketones (excluding diaryl/α,β-unsaturated/α-hetero) is 1. The number of aliphatic hydroxyl groups excluding tert-OH is 1. The fraction of sp³-hybridized carbons (Fsp3) is 0.429. The summed E-state index contributed by atoms with van der Waals surface area (Å²) in [6.07, 6.45) is 8.09. The maximum Gasteiger partial charge on any atom is 0.169 e. The van der Waals surface area contributed by atoms with Crippen LogP contribution in [0.5, 0.6) is 5.75 Å². The van der Waals surface area contributed by atoms with Crippen molar-refractivity contribution in [2.24, 2.45) is 5.92 Å². The monoisotopic (exact) mass is 459 g/mol. The van der Waals surface area contributed by atoms with E-state index in [4.69, 9.17) is 0 Å². The van der Waals surface area contributed by atoms with E-state index in [-0.39, 0.29) is 24.1 Å². The van der Waals surface area contributed by atoms with Crippen LogP contribution < -0.4 is 5.32 Å². The second-order valence-electron chi connectivity index (χ2n) is 10.0. The third-order valence-corrected chi connectivity index (χ3v) is 7.44. The van der Waals surface area contributed by atoms with Gasteiger partial charge in [0.1, 0.15) is 5.75 Å². The lowest BCUT2D eigenvalue weighted by Crippen LogP contribution is -2.36. The third-order valence-electron chi connectivity index (χ3n) is 7.44. The number of hydrogen-bond acceptors (Lipinski definition) is 6. The molecule has 1 aromatic heterocycles. The first kappa shape index (κ1) is 22.8. The second-order valence-corrected chi connectivity index (χ2v) is 10.0. The van der Waals surface area contributed by atoms with Crippen LogP contribution in [0.15, 0.2) is 42.6 Å². The van der Waals surface area contributed by atoms with Gasteiger partial charge in [-0.15, -0.1) is 0 Å². The first-order valence-electron chi connectivity index (χ1n) is 12.3. The van der Waals surface area contributed by atoms with Crippen LogP contribution in [-0.2, 0) is 6.61 Å². The predicted octanol–water partition coefficient (Wildman–Crippen LogP) is 4.98. The standard InChI is InChI=1S/C28H33N3O3/c1-31(2)22-9-7-21(8-10-22)30-27-23-14-19(18-6-12-26(33)20(13-18)16-32)5-11-25(23)29-15-24(27)28(34)17-3-4-17/h5-6,11-15,17,21-22,32-33H,3-4,7-10,16H2,1-2H3,(H,29,30). The van der Waals surface area contributed by atoms with E-state index in [2.05, 4.69) is 35.4 Å². The molecule has 2 aromatic carbocycles. The number of hydrogen-bond donors (Lipinski definition) is 3. The van der Waals surface area contributed by atoms with E-state index in [1.807, 2.05) is 18.2 Å². The minimum Gasteiger partial charge on any atom is -0.508 e. The van der Waals surface area contributed by atoms with E-state index in [1.165, 1.54) is 0 Å². The summed E-state index contributed by atoms with van der Waals surface area (Å²) < 4.78 is 0. The average Bonchev–Trinajstić information content (AvgIpc) is 3.70. The van der Waals surface area contributed by atoms with Crippen molar-refractivity contribution in [3.05, 3.63) is 53.7 Å². The number of nitrogens with one attached hydrogen (secondary N) is 1. The van der Waals surface area contributed by atoms with Crippen molar-refractivity contribution in [2.75, 3.05) is 19.4 Å². The smallest absolute Gasteiger partial charge is 0.169 e. The number of phenols is 1. The van der Waals surface area contributed by atoms with Crippen molar-refractivity contribution in [1.82, 2.24) is 9.88 Å². The number of rotatable bonds is 7. The molecule has 2 aliphatic rings. The van der Waals surface area contributed by atoms with Gasteiger partial charge in [-0.3, -0.25) is 9.78 Å². The first-order chi connectivity index (χ1) is 16.4. The van der Waals surface area contributed by atoms with Gasteiger partial charge in [-0.2, -0.15) is 0 Å². The number of carbonyl (C=O) groups excluding carboxylic acids is 1. The zero-order valence-electron chi connectivity index (χ0n) is 19.9. The summed E-state index contributed by atoms with van der Waals surface area (Å²) in [5, 5.41) is 24.3. The molecular weight excluding hydrogens is 426 g/mol. The van der Waals surface area contributed by atoms with Crippen molar-refractivity contribution in [3.8, 4) is 16.9 Å². The molecule has 0 amide bonds. The van der Waals surface area contributed by atoms with Gasteiger partial charge in [0.15, 0.2) is 5.78 Å². The minimum absolute atomic E-state index is 0.0849. The molecule has 6 heteroatoms. The molecule has 6 nitrogen and oxygen atoms in total. The Morgan fingerprint density at radius 1 is 1.03 bits per heavy atom. The van der Waals surface area contributed by atoms with Gasteiger partial charge in [0.25, 0.3) is 0 Å². The molecule has 178 valence electrons. The predicted molar refractivity (Wildman–Crippen MR) is 135 cm³/mol. The van der Waals surface area contributed by atoms with Crippen LogP contribution in [0, 0.1) is 5.92 Å². The number of pyridine rings is 1. The summed E-state index contributed by atoms with van der Waals surface area (Å²) >= 11 is 0. The lowest BCUT2D eigenvalue weighted by atomic mass is 9.89. The fourth-order valence-electron chi connectivity index (χ4n) is 5.11. The minimum atomic E-state index is -0.225. The highest BCUT2D eigenvalue weighted by molar-refractivity contribution is 6.10. The van der Waals surface area contributed by atoms with E-state index in [9.17, 15) is 15.0 Å². The largest absolute Gasteiger partial charge is 0.508 e. The van der Waals surface area contributed by atoms with Crippen LogP contribution in [0.4, 0.5) is 5.69 Å². The summed E-state index contributed by atoms with van der Waals surface area (Å²) in [4.78, 5) is 20.1. The Morgan fingerprint density at radius 3 is 2.41 bits per heavy atom. The topological polar surface area (TPSA) is 85.7 Å². The molecule has 0 unspecified atom stereocenters. The summed E-state index contributed by atoms with van der Waals surface area (Å²) in [7, 11) is 4.29. The highest BCUT2D eigenvalue weighted by Gasteiger charge is 2.33. The number of nitrogens with zero attached hydrogens (tertiary/aromatic N) is 2. The molecule has 0 radical (unpaired) electrons. The summed E-state index contributed by atoms with van der Waals surface area (Å²) in [6.45, 7) is -0.225. The maximum absolute atomic E-state index is 13.2. The Balaban J connectivity index is 1.55. The van der Waals surface area contributed by atoms with Crippen molar-refractivity contribution in [3.63, 3.8) is 0 Å². The molecule has 34 heavy (non-hydrogen) atoms. The zero-order chi connectivity index (χ0) is 23.8. The van der Waals surface area contributed by atoms with Gasteiger partial charge >= 0.3 is 0 Å². The van der Waals surface area contributed by atoms with E-state index >= 15 is 0 Å². The Bertz CT molecular complexity index is 1210. The molecular formula is C28H33N3O3. The molecule has 0 spiro atoms. The van der Waals surface area contributed by atoms with Gasteiger partial charge in [-0.25, -0.2) is 0 Å². The van der Waals surface area contributed by atoms with Crippen molar-refractivity contribution >= 4 is 22.4 Å². The SMILES string of the molecule is CN(C)C1CCC(Nc2c(C(=O)C3CC3)cnc3ccc(-c4ccc(O)c(CO)c4)cc23)CC1. The molecule has 0 atom stereocenters. The summed E-state index contributed by atoms with van der Waals surface area (Å²) in [5.74, 6) is 0.398. The number of ketones is 1. The molecule has 2 aliphatic carbocycles. The highest BCUT2D eigenvalue weighted by Crippen LogP contribution is 2.39. The van der Waals surface area contributed by atoms with Crippen LogP contribution >= 0.6 is 0 Å². The number of aliphatic hydroxyl groups is 1. The number of anilines is 1. The number of aromatic hydroxyl groups is 1. The lowest BCUT2D eigenvalue weighted by Gasteiger charge is -2.34. The van der Waals surface area contributed by atoms with Crippen LogP contribution in [-0.4, -0.2) is 52.1 Å². The van der Waals surface area contributed by atoms with E-state index in [0.717, 1.165) is 66.2 Å². The lowest BCUT2D eigenvalue weighted by molar-refractivity contribution is 0.0968. The molecule has 0 aliphatic heterocycles. The Labute approximate surface area is 200 Å². The number of aromatic nitrogens is 1. The van der Waals surface area contributed by atoms with Gasteiger partial charge in [-0.05, 0) is 88.0 Å². The van der Waals surface area contributed by atoms with E-state index < -0.39 is 0 Å². The van der Waals surface area contributed by atoms with Gasteiger partial charge in [-0.1, -0.05) is 12.1 Å². The highest BCUT2D eigenvalue weighted by atomic mass is 16.3. The van der Waals surface area contributed by atoms with Crippen LogP contribution in [0.25, 0.3) is 22.0 Å². The van der Waals surface area contributed by atoms with Crippen LogP contribution in [0.2, 0.25) is 0 Å². The molecule has 0 saturated heterocycles. The number of fused-ring (bicyclic) bond motifs is 1. The number of benzene rings is 2. The Kier molecular flexibility index (Phi) is 6.28. The quantitative estimate of drug-likeness (QED) is 0.432. The van der Waals surface area contributed by atoms with Crippen LogP contribution in [0.3, 0.4) is 0 Å². The molecule has 5 rings (SSSR count). The molecule has 3 aromatic rings. The molecule has 0 bridgehead atoms. The molecule has 3 N–H and O–H groups in total. The molecule has 2 fully saturated rings. The fourth-order valence-corrected chi connectivity index (χ4v) is 5.11. The van der Waals surface area contributed by atoms with Crippen molar-refractivity contribution in [2.45, 2.75) is 57.2 Å². The summed E-state index contributed by atoms with van der Waals surface area (Å²) in [6, 6.07) is 12.3. The normalized spacial score (nSPS) is 20.6. The van der Waals surface area contributed by atoms with Gasteiger partial charge in [0, 0.05) is 35.1 Å². The molecule has 1 heterocycles. The van der Waals surface area contributed by atoms with Gasteiger partial charge in [0.2, 0.25) is 0 Å². The number of carbonyl (C=O) groups is 1. The zero-order valence-corrected chi connectivity index (χ0v) is 19.9. The van der Waals surface area contributed by atoms with Gasteiger partial charge < -0.3 is 20.4 Å². The third kappa shape index (κ3) is 4.52. The van der Waals surface area contributed by atoms with E-state index in [1.54, 1.807) is 18.3 Å². The average molecular weight is 460 g/mol. The Hall–Kier alpha value is -2.96. The second kappa shape index (κ2) is 9.35. The van der Waals surface area contributed by atoms with Crippen molar-refractivity contribution < 1.29 is 15.0 Å².